The molecule has 1 aliphatic carbocycles. The highest BCUT2D eigenvalue weighted by Gasteiger charge is 2.37. The summed E-state index contributed by atoms with van der Waals surface area (Å²) in [6.07, 6.45) is 0.628. The number of hydrogen-bond donors (Lipinski definition) is 2. The van der Waals surface area contributed by atoms with E-state index in [0.717, 1.165) is 55.4 Å². The van der Waals surface area contributed by atoms with Crippen LogP contribution < -0.4 is 26.0 Å². The Hall–Kier alpha value is -5.78. The first kappa shape index (κ1) is 40.0. The van der Waals surface area contributed by atoms with Gasteiger partial charge in [0.1, 0.15) is 29.4 Å². The van der Waals surface area contributed by atoms with Gasteiger partial charge in [0.05, 0.1) is 47.6 Å². The fraction of sp³-hybridized carbons (Fsp3) is 0.463. The molecule has 8 rings (SSSR count). The topological polar surface area (TPSA) is 149 Å². The lowest BCUT2D eigenvalue weighted by molar-refractivity contribution is -0.141. The van der Waals surface area contributed by atoms with Crippen LogP contribution in [0.1, 0.15) is 73.2 Å². The van der Waals surface area contributed by atoms with Gasteiger partial charge < -0.3 is 19.9 Å². The molecule has 2 saturated heterocycles. The fourth-order valence-electron chi connectivity index (χ4n) is 9.08. The van der Waals surface area contributed by atoms with Gasteiger partial charge in [-0.3, -0.25) is 33.5 Å². The quantitative estimate of drug-likeness (QED) is 0.143. The van der Waals surface area contributed by atoms with Gasteiger partial charge in [0.2, 0.25) is 11.8 Å². The van der Waals surface area contributed by atoms with E-state index in [2.05, 4.69) is 20.5 Å². The van der Waals surface area contributed by atoms with E-state index in [-0.39, 0.29) is 54.4 Å². The third kappa shape index (κ3) is 7.77. The van der Waals surface area contributed by atoms with Crippen LogP contribution in [-0.2, 0) is 22.8 Å². The first-order valence-electron chi connectivity index (χ1n) is 19.8. The monoisotopic (exact) mass is 819 g/mol. The molecule has 3 amide bonds. The van der Waals surface area contributed by atoms with E-state index in [1.807, 2.05) is 35.0 Å². The largest absolute Gasteiger partial charge is 0.494 e. The molecule has 14 nitrogen and oxygen atoms in total. The van der Waals surface area contributed by atoms with Gasteiger partial charge in [-0.15, -0.1) is 0 Å². The maximum atomic E-state index is 16.1. The van der Waals surface area contributed by atoms with E-state index < -0.39 is 35.9 Å². The first-order valence-corrected chi connectivity index (χ1v) is 19.8. The molecule has 1 saturated carbocycles. The third-order valence-electron chi connectivity index (χ3n) is 12.1. The zero-order chi connectivity index (χ0) is 41.7. The zero-order valence-corrected chi connectivity index (χ0v) is 32.8. The van der Waals surface area contributed by atoms with Gasteiger partial charge >= 0.3 is 11.9 Å². The molecule has 2 aromatic carbocycles. The number of benzene rings is 2. The van der Waals surface area contributed by atoms with Gasteiger partial charge in [-0.1, -0.05) is 12.1 Å². The maximum absolute atomic E-state index is 16.1. The number of rotatable bonds is 9. The minimum absolute atomic E-state index is 0.128. The number of aromatic nitrogens is 5. The Morgan fingerprint density at radius 2 is 1.80 bits per heavy atom. The summed E-state index contributed by atoms with van der Waals surface area (Å²) in [5.41, 5.74) is 0.943. The van der Waals surface area contributed by atoms with Crippen molar-refractivity contribution in [2.24, 2.45) is 13.0 Å². The van der Waals surface area contributed by atoms with Crippen molar-refractivity contribution >= 4 is 51.0 Å². The highest BCUT2D eigenvalue weighted by atomic mass is 19.4. The van der Waals surface area contributed by atoms with E-state index in [4.69, 9.17) is 9.84 Å². The minimum Gasteiger partial charge on any atom is -0.494 e. The Kier molecular flexibility index (Phi) is 10.7. The fourth-order valence-corrected chi connectivity index (χ4v) is 9.08. The third-order valence-corrected chi connectivity index (χ3v) is 12.1. The number of para-hydroxylation sites is 1. The number of imidazole rings is 1. The van der Waals surface area contributed by atoms with E-state index in [1.165, 1.54) is 22.3 Å². The number of anilines is 2. The van der Waals surface area contributed by atoms with Crippen molar-refractivity contribution in [1.29, 1.82) is 0 Å². The van der Waals surface area contributed by atoms with E-state index in [0.29, 0.717) is 41.2 Å². The molecule has 3 atom stereocenters. The first-order chi connectivity index (χ1) is 28.2. The van der Waals surface area contributed by atoms with Crippen molar-refractivity contribution in [3.63, 3.8) is 0 Å². The molecule has 2 aliphatic heterocycles. The normalized spacial score (nSPS) is 22.9. The molecule has 5 heterocycles. The Bertz CT molecular complexity index is 2490. The Morgan fingerprint density at radius 3 is 2.51 bits per heavy atom. The highest BCUT2D eigenvalue weighted by Crippen LogP contribution is 2.37. The molecule has 0 radical (unpaired) electrons. The number of fused-ring (bicyclic) bond motifs is 2. The summed E-state index contributed by atoms with van der Waals surface area (Å²) in [7, 11) is 5.06. The SMILES string of the molecule is COc1cc2nn([C@H]3CC[C@H](CN(C)C4CCN(c5cccc6c5n(C)c(=O)n6C5CCC(=O)NC5=O)CC4F)CC3)cc2cc1NC(=O)c1cccc(C(F)(F)F)n1. The number of hydrogen-bond acceptors (Lipinski definition) is 9. The van der Waals surface area contributed by atoms with Crippen molar-refractivity contribution in [2.75, 3.05) is 44.0 Å². The average molecular weight is 820 g/mol. The smallest absolute Gasteiger partial charge is 0.433 e. The summed E-state index contributed by atoms with van der Waals surface area (Å²) in [6, 6.07) is 11.0. The number of piperidine rings is 2. The van der Waals surface area contributed by atoms with Crippen molar-refractivity contribution in [3.8, 4) is 5.75 Å². The molecule has 3 unspecified atom stereocenters. The molecule has 18 heteroatoms. The van der Waals surface area contributed by atoms with Crippen molar-refractivity contribution in [3.05, 3.63) is 76.6 Å². The highest BCUT2D eigenvalue weighted by molar-refractivity contribution is 6.05. The van der Waals surface area contributed by atoms with Gasteiger partial charge in [-0.05, 0) is 81.8 Å². The van der Waals surface area contributed by atoms with Crippen LogP contribution in [0.2, 0.25) is 0 Å². The second-order valence-electron chi connectivity index (χ2n) is 15.8. The molecule has 59 heavy (non-hydrogen) atoms. The van der Waals surface area contributed by atoms with Gasteiger partial charge in [-0.25, -0.2) is 14.2 Å². The number of carbonyl (C=O) groups is 3. The molecule has 3 fully saturated rings. The number of halogens is 4. The van der Waals surface area contributed by atoms with Crippen molar-refractivity contribution in [1.82, 2.24) is 34.1 Å². The zero-order valence-electron chi connectivity index (χ0n) is 32.8. The number of alkyl halides is 4. The van der Waals surface area contributed by atoms with E-state index in [1.54, 1.807) is 25.2 Å². The Morgan fingerprint density at radius 1 is 1.03 bits per heavy atom. The Balaban J connectivity index is 0.881. The van der Waals surface area contributed by atoms with Crippen LogP contribution in [0.5, 0.6) is 5.75 Å². The molecule has 3 aliphatic rings. The average Bonchev–Trinajstić information content (AvgIpc) is 3.74. The minimum atomic E-state index is -4.69. The lowest BCUT2D eigenvalue weighted by Gasteiger charge is -2.42. The van der Waals surface area contributed by atoms with Crippen LogP contribution in [-0.4, -0.2) is 92.5 Å². The van der Waals surface area contributed by atoms with Crippen LogP contribution in [0.4, 0.5) is 28.9 Å². The summed E-state index contributed by atoms with van der Waals surface area (Å²) >= 11 is 0. The van der Waals surface area contributed by atoms with Gasteiger partial charge in [0.15, 0.2) is 0 Å². The number of imide groups is 1. The van der Waals surface area contributed by atoms with Gasteiger partial charge in [0, 0.05) is 50.2 Å². The van der Waals surface area contributed by atoms with Crippen LogP contribution in [0.15, 0.2) is 59.5 Å². The second kappa shape index (κ2) is 15.8. The summed E-state index contributed by atoms with van der Waals surface area (Å²) < 4.78 is 66.0. The molecule has 312 valence electrons. The summed E-state index contributed by atoms with van der Waals surface area (Å²) in [4.78, 5) is 58.4. The van der Waals surface area contributed by atoms with Crippen LogP contribution in [0, 0.1) is 5.92 Å². The summed E-state index contributed by atoms with van der Waals surface area (Å²) in [5.74, 6) is -0.993. The molecule has 5 aromatic rings. The predicted octanol–water partition coefficient (Wildman–Crippen LogP) is 5.62. The van der Waals surface area contributed by atoms with Gasteiger partial charge in [0.25, 0.3) is 5.91 Å². The van der Waals surface area contributed by atoms with Gasteiger partial charge in [-0.2, -0.15) is 18.3 Å². The number of amides is 3. The van der Waals surface area contributed by atoms with Crippen LogP contribution >= 0.6 is 0 Å². The molecule has 0 spiro atoms. The van der Waals surface area contributed by atoms with Crippen LogP contribution in [0.25, 0.3) is 21.9 Å². The molecule has 2 N–H and O–H groups in total. The van der Waals surface area contributed by atoms with E-state index in [9.17, 15) is 32.3 Å². The lowest BCUT2D eigenvalue weighted by Crippen LogP contribution is -2.52. The van der Waals surface area contributed by atoms with E-state index >= 15 is 4.39 Å². The number of methoxy groups -OCH3 is 1. The number of nitrogens with one attached hydrogen (secondary N) is 2. The van der Waals surface area contributed by atoms with Crippen molar-refractivity contribution in [2.45, 2.75) is 75.4 Å². The number of ether oxygens (including phenoxy) is 1. The number of pyridine rings is 1. The molecule has 3 aromatic heterocycles. The number of nitrogens with zero attached hydrogens (tertiary/aromatic N) is 7. The molecule has 0 bridgehead atoms. The lowest BCUT2D eigenvalue weighted by atomic mass is 9.85. The predicted molar refractivity (Wildman–Crippen MR) is 211 cm³/mol. The maximum Gasteiger partial charge on any atom is 0.433 e. The summed E-state index contributed by atoms with van der Waals surface area (Å²) in [5, 5.41) is 10.5. The number of aryl methyl sites for hydroxylation is 1. The number of carbonyl (C=O) groups excluding carboxylic acids is 3. The molecular weight excluding hydrogens is 775 g/mol. The second-order valence-corrected chi connectivity index (χ2v) is 15.8. The molecular formula is C41H45F4N9O5. The summed E-state index contributed by atoms with van der Waals surface area (Å²) in [6.45, 7) is 1.49. The Labute approximate surface area is 336 Å². The van der Waals surface area contributed by atoms with Crippen LogP contribution in [0.3, 0.4) is 0 Å². The van der Waals surface area contributed by atoms with Crippen molar-refractivity contribution < 1.29 is 36.7 Å². The standard InChI is InChI=1S/C41H45F4N9O5/c1-50(30-16-17-52(22-26(30)42)31-7-5-8-32-37(31)51(2)40(58)54(32)33-14-15-36(55)48-39(33)57)20-23-10-12-25(13-11-23)53-21-24-18-29(34(59-3)19-28(24)49-53)47-38(56)27-6-4-9-35(46-27)41(43,44)45/h4-9,18-19,21,23,25-26,30,33H,10-17,20,22H2,1-3H3,(H,47,56)(H,48,55,57)/t23-,25-,26?,30?,33?.